The van der Waals surface area contributed by atoms with E-state index in [4.69, 9.17) is 13.9 Å². The van der Waals surface area contributed by atoms with E-state index in [2.05, 4.69) is 6.92 Å². The van der Waals surface area contributed by atoms with Crippen LogP contribution in [-0.2, 0) is 6.54 Å². The largest absolute Gasteiger partial charge is 0.493 e. The fourth-order valence-corrected chi connectivity index (χ4v) is 4.56. The van der Waals surface area contributed by atoms with E-state index in [1.165, 1.54) is 12.1 Å². The van der Waals surface area contributed by atoms with Crippen LogP contribution < -0.4 is 14.9 Å². The molecule has 5 rings (SSSR count). The molecule has 1 unspecified atom stereocenters. The van der Waals surface area contributed by atoms with Crippen molar-refractivity contribution in [2.24, 2.45) is 0 Å². The molecule has 1 atom stereocenters. The number of unbranched alkanes of at least 4 members (excludes halogenated alkanes) is 1. The third-order valence-electron chi connectivity index (χ3n) is 6.40. The normalized spacial score (nSPS) is 14.8. The van der Waals surface area contributed by atoms with E-state index in [1.807, 2.05) is 6.07 Å². The quantitative estimate of drug-likeness (QED) is 0.291. The van der Waals surface area contributed by atoms with Gasteiger partial charge in [-0.25, -0.2) is 4.39 Å². The Labute approximate surface area is 207 Å². The minimum Gasteiger partial charge on any atom is -0.493 e. The molecule has 2 heterocycles. The molecule has 1 amide bonds. The summed E-state index contributed by atoms with van der Waals surface area (Å²) in [6.07, 6.45) is 1.92. The lowest BCUT2D eigenvalue weighted by Crippen LogP contribution is -2.29. The monoisotopic (exact) mass is 487 g/mol. The van der Waals surface area contributed by atoms with Crippen molar-refractivity contribution in [3.63, 3.8) is 0 Å². The number of carbonyl (C=O) groups excluding carboxylic acids is 1. The van der Waals surface area contributed by atoms with Gasteiger partial charge in [0, 0.05) is 6.54 Å². The molecule has 7 heteroatoms. The number of halogens is 1. The second-order valence-corrected chi connectivity index (χ2v) is 8.74. The standard InChI is InChI=1S/C29H26FNO5/c1-3-4-15-35-23-14-11-19(16-24(23)34-2)26-25-27(32)21-7-5-6-8-22(21)36-28(25)29(33)31(26)17-18-9-12-20(30)13-10-18/h5-14,16,26H,3-4,15,17H2,1-2H3. The first-order valence-electron chi connectivity index (χ1n) is 11.9. The Bertz CT molecular complexity index is 1480. The Balaban J connectivity index is 1.64. The van der Waals surface area contributed by atoms with Gasteiger partial charge < -0.3 is 18.8 Å². The van der Waals surface area contributed by atoms with Crippen molar-refractivity contribution in [2.75, 3.05) is 13.7 Å². The summed E-state index contributed by atoms with van der Waals surface area (Å²) in [5.74, 6) is 0.363. The fourth-order valence-electron chi connectivity index (χ4n) is 4.56. The van der Waals surface area contributed by atoms with Gasteiger partial charge in [0.15, 0.2) is 16.9 Å². The molecule has 1 aliphatic heterocycles. The van der Waals surface area contributed by atoms with Crippen molar-refractivity contribution in [1.29, 1.82) is 0 Å². The molecule has 36 heavy (non-hydrogen) atoms. The maximum Gasteiger partial charge on any atom is 0.291 e. The Morgan fingerprint density at radius 3 is 2.53 bits per heavy atom. The van der Waals surface area contributed by atoms with Crippen molar-refractivity contribution >= 4 is 16.9 Å². The molecule has 4 aromatic rings. The van der Waals surface area contributed by atoms with Gasteiger partial charge in [-0.2, -0.15) is 0 Å². The van der Waals surface area contributed by atoms with Gasteiger partial charge in [-0.05, 0) is 53.9 Å². The average Bonchev–Trinajstić information content (AvgIpc) is 3.17. The van der Waals surface area contributed by atoms with Gasteiger partial charge in [-0.3, -0.25) is 9.59 Å². The number of benzene rings is 3. The van der Waals surface area contributed by atoms with E-state index >= 15 is 0 Å². The van der Waals surface area contributed by atoms with Crippen molar-refractivity contribution in [3.05, 3.63) is 105 Å². The Morgan fingerprint density at radius 2 is 1.78 bits per heavy atom. The molecule has 0 aliphatic carbocycles. The van der Waals surface area contributed by atoms with Gasteiger partial charge in [0.1, 0.15) is 11.4 Å². The number of hydrogen-bond donors (Lipinski definition) is 0. The zero-order valence-corrected chi connectivity index (χ0v) is 20.1. The van der Waals surface area contributed by atoms with Crippen LogP contribution in [0.2, 0.25) is 0 Å². The summed E-state index contributed by atoms with van der Waals surface area (Å²) in [6, 6.07) is 17.5. The van der Waals surface area contributed by atoms with Crippen molar-refractivity contribution in [1.82, 2.24) is 4.90 Å². The minimum atomic E-state index is -0.711. The SMILES string of the molecule is CCCCOc1ccc(C2c3c(oc4ccccc4c3=O)C(=O)N2Cc2ccc(F)cc2)cc1OC. The molecule has 0 radical (unpaired) electrons. The van der Waals surface area contributed by atoms with Gasteiger partial charge in [0.2, 0.25) is 5.76 Å². The first-order valence-corrected chi connectivity index (χ1v) is 11.9. The first-order chi connectivity index (χ1) is 17.5. The number of methoxy groups -OCH3 is 1. The molecule has 0 saturated carbocycles. The highest BCUT2D eigenvalue weighted by Crippen LogP contribution is 2.41. The van der Waals surface area contributed by atoms with Crippen molar-refractivity contribution < 1.29 is 23.1 Å². The topological polar surface area (TPSA) is 69.0 Å². The highest BCUT2D eigenvalue weighted by Gasteiger charge is 2.43. The molecule has 0 spiro atoms. The molecule has 1 aliphatic rings. The molecule has 6 nitrogen and oxygen atoms in total. The number of amides is 1. The second-order valence-electron chi connectivity index (χ2n) is 8.74. The van der Waals surface area contributed by atoms with Crippen LogP contribution in [0.15, 0.2) is 75.9 Å². The predicted octanol–water partition coefficient (Wildman–Crippen LogP) is 5.87. The molecule has 1 aromatic heterocycles. The number of rotatable bonds is 8. The number of fused-ring (bicyclic) bond motifs is 2. The molecular formula is C29H26FNO5. The van der Waals surface area contributed by atoms with Crippen LogP contribution in [0.1, 0.15) is 53.1 Å². The average molecular weight is 488 g/mol. The predicted molar refractivity (Wildman–Crippen MR) is 134 cm³/mol. The highest BCUT2D eigenvalue weighted by molar-refractivity contribution is 5.99. The van der Waals surface area contributed by atoms with Gasteiger partial charge >= 0.3 is 0 Å². The molecule has 0 saturated heterocycles. The summed E-state index contributed by atoms with van der Waals surface area (Å²) < 4.78 is 30.9. The molecule has 3 aromatic carbocycles. The third-order valence-corrected chi connectivity index (χ3v) is 6.40. The van der Waals surface area contributed by atoms with Crippen LogP contribution in [0.4, 0.5) is 4.39 Å². The van der Waals surface area contributed by atoms with E-state index in [-0.39, 0.29) is 29.1 Å². The molecule has 0 fully saturated rings. The van der Waals surface area contributed by atoms with Gasteiger partial charge in [0.05, 0.1) is 30.7 Å². The lowest BCUT2D eigenvalue weighted by atomic mass is 9.97. The lowest BCUT2D eigenvalue weighted by Gasteiger charge is -2.26. The number of carbonyl (C=O) groups is 1. The minimum absolute atomic E-state index is 0.0213. The summed E-state index contributed by atoms with van der Waals surface area (Å²) in [5.41, 5.74) is 1.79. The summed E-state index contributed by atoms with van der Waals surface area (Å²) in [5, 5.41) is 0.407. The fraction of sp³-hybridized carbons (Fsp3) is 0.241. The lowest BCUT2D eigenvalue weighted by molar-refractivity contribution is 0.0714. The van der Waals surface area contributed by atoms with Crippen LogP contribution in [0.5, 0.6) is 11.5 Å². The number of para-hydroxylation sites is 1. The maximum atomic E-state index is 13.6. The summed E-state index contributed by atoms with van der Waals surface area (Å²) in [7, 11) is 1.55. The number of nitrogens with zero attached hydrogens (tertiary/aromatic N) is 1. The Kier molecular flexibility index (Phi) is 6.46. The van der Waals surface area contributed by atoms with Crippen LogP contribution in [0, 0.1) is 5.82 Å². The van der Waals surface area contributed by atoms with Crippen LogP contribution >= 0.6 is 0 Å². The zero-order chi connectivity index (χ0) is 25.2. The summed E-state index contributed by atoms with van der Waals surface area (Å²) >= 11 is 0. The summed E-state index contributed by atoms with van der Waals surface area (Å²) in [4.78, 5) is 28.8. The number of hydrogen-bond acceptors (Lipinski definition) is 5. The molecule has 0 bridgehead atoms. The van der Waals surface area contributed by atoms with E-state index in [0.29, 0.717) is 34.6 Å². The van der Waals surface area contributed by atoms with Crippen molar-refractivity contribution in [2.45, 2.75) is 32.4 Å². The molecular weight excluding hydrogens is 461 g/mol. The zero-order valence-electron chi connectivity index (χ0n) is 20.1. The smallest absolute Gasteiger partial charge is 0.291 e. The van der Waals surface area contributed by atoms with Gasteiger partial charge in [-0.1, -0.05) is 43.7 Å². The Hall–Kier alpha value is -4.13. The summed E-state index contributed by atoms with van der Waals surface area (Å²) in [6.45, 7) is 2.81. The molecule has 0 N–H and O–H groups in total. The third kappa shape index (κ3) is 4.21. The maximum absolute atomic E-state index is 13.6. The van der Waals surface area contributed by atoms with Crippen LogP contribution in [0.3, 0.4) is 0 Å². The highest BCUT2D eigenvalue weighted by atomic mass is 19.1. The van der Waals surface area contributed by atoms with Crippen molar-refractivity contribution in [3.8, 4) is 11.5 Å². The van der Waals surface area contributed by atoms with E-state index in [1.54, 1.807) is 60.5 Å². The first kappa shape index (κ1) is 23.6. The van der Waals surface area contributed by atoms with E-state index < -0.39 is 11.9 Å². The van der Waals surface area contributed by atoms with Crippen LogP contribution in [-0.4, -0.2) is 24.5 Å². The van der Waals surface area contributed by atoms with Crippen LogP contribution in [0.25, 0.3) is 11.0 Å². The van der Waals surface area contributed by atoms with E-state index in [0.717, 1.165) is 18.4 Å². The molecule has 184 valence electrons. The Morgan fingerprint density at radius 1 is 1.00 bits per heavy atom. The number of ether oxygens (including phenoxy) is 2. The van der Waals surface area contributed by atoms with Gasteiger partial charge in [0.25, 0.3) is 5.91 Å². The van der Waals surface area contributed by atoms with Gasteiger partial charge in [-0.15, -0.1) is 0 Å². The second kappa shape index (κ2) is 9.85. The van der Waals surface area contributed by atoms with E-state index in [9.17, 15) is 14.0 Å².